The fraction of sp³-hybridized carbons (Fsp3) is 0.441. The molecular formula is C34H38FNO7S. The number of fused-ring (bicyclic) bond motifs is 2. The van der Waals surface area contributed by atoms with Crippen LogP contribution in [-0.2, 0) is 26.0 Å². The maximum atomic E-state index is 15.4. The van der Waals surface area contributed by atoms with Crippen molar-refractivity contribution in [3.8, 4) is 28.4 Å². The first-order chi connectivity index (χ1) is 20.8. The fourth-order valence-corrected chi connectivity index (χ4v) is 7.89. The summed E-state index contributed by atoms with van der Waals surface area (Å²) in [6.07, 6.45) is 2.37. The van der Waals surface area contributed by atoms with Crippen LogP contribution < -0.4 is 14.2 Å². The second kappa shape index (κ2) is 11.4. The number of benzene rings is 3. The Labute approximate surface area is 258 Å². The van der Waals surface area contributed by atoms with Crippen LogP contribution in [0.5, 0.6) is 17.2 Å². The highest BCUT2D eigenvalue weighted by atomic mass is 32.2. The summed E-state index contributed by atoms with van der Waals surface area (Å²) in [4.78, 5) is 11.8. The first-order valence-corrected chi connectivity index (χ1v) is 16.7. The molecule has 0 radical (unpaired) electrons. The maximum absolute atomic E-state index is 15.4. The van der Waals surface area contributed by atoms with Crippen molar-refractivity contribution in [1.29, 1.82) is 0 Å². The molecule has 2 heterocycles. The molecule has 44 heavy (non-hydrogen) atoms. The molecule has 1 saturated heterocycles. The lowest BCUT2D eigenvalue weighted by Crippen LogP contribution is -2.58. The Morgan fingerprint density at radius 1 is 1.09 bits per heavy atom. The zero-order valence-electron chi connectivity index (χ0n) is 25.7. The van der Waals surface area contributed by atoms with Crippen molar-refractivity contribution in [3.05, 3.63) is 76.1 Å². The number of ether oxygens (including phenoxy) is 4. The highest BCUT2D eigenvalue weighted by Crippen LogP contribution is 2.45. The number of hydrogen-bond donors (Lipinski definition) is 0. The molecule has 0 spiro atoms. The van der Waals surface area contributed by atoms with E-state index in [4.69, 9.17) is 18.9 Å². The van der Waals surface area contributed by atoms with Crippen LogP contribution in [0.3, 0.4) is 0 Å². The molecule has 3 aromatic carbocycles. The molecule has 0 N–H and O–H groups in total. The predicted molar refractivity (Wildman–Crippen MR) is 164 cm³/mol. The van der Waals surface area contributed by atoms with Gasteiger partial charge in [-0.25, -0.2) is 17.1 Å². The molecule has 2 aliphatic heterocycles. The molecule has 3 aromatic rings. The Kier molecular flexibility index (Phi) is 7.86. The smallest absolute Gasteiger partial charge is 0.306 e. The van der Waals surface area contributed by atoms with Crippen LogP contribution >= 0.6 is 0 Å². The van der Waals surface area contributed by atoms with E-state index >= 15 is 4.39 Å². The SMILES string of the molecule is COC(=O)C[C@@H]1COc2cc(O[C@@H]3CCc4c(-c5c(C)cc(OCC6(C)CN(S(C)(=O)=O)C6)cc5C)ccc(F)c43)ccc21. The Balaban J connectivity index is 1.19. The molecule has 8 nitrogen and oxygen atoms in total. The largest absolute Gasteiger partial charge is 0.493 e. The van der Waals surface area contributed by atoms with E-state index in [2.05, 4.69) is 0 Å². The lowest BCUT2D eigenvalue weighted by Gasteiger charge is -2.45. The predicted octanol–water partition coefficient (Wildman–Crippen LogP) is 5.88. The van der Waals surface area contributed by atoms with Gasteiger partial charge in [0, 0.05) is 41.6 Å². The van der Waals surface area contributed by atoms with Crippen molar-refractivity contribution >= 4 is 16.0 Å². The minimum absolute atomic E-state index is 0.0616. The number of carbonyl (C=O) groups excluding carboxylic acids is 1. The van der Waals surface area contributed by atoms with Crippen molar-refractivity contribution in [1.82, 2.24) is 4.31 Å². The van der Waals surface area contributed by atoms with Gasteiger partial charge in [-0.3, -0.25) is 4.79 Å². The molecule has 1 aliphatic carbocycles. The third-order valence-electron chi connectivity index (χ3n) is 9.01. The van der Waals surface area contributed by atoms with Gasteiger partial charge in [-0.05, 0) is 78.8 Å². The maximum Gasteiger partial charge on any atom is 0.306 e. The van der Waals surface area contributed by atoms with E-state index in [1.165, 1.54) is 23.7 Å². The number of aryl methyl sites for hydroxylation is 2. The summed E-state index contributed by atoms with van der Waals surface area (Å²) in [5.41, 5.74) is 6.33. The Hall–Kier alpha value is -3.63. The number of methoxy groups -OCH3 is 1. The van der Waals surface area contributed by atoms with Crippen LogP contribution in [0.2, 0.25) is 0 Å². The lowest BCUT2D eigenvalue weighted by molar-refractivity contribution is -0.141. The number of carbonyl (C=O) groups is 1. The topological polar surface area (TPSA) is 91.4 Å². The van der Waals surface area contributed by atoms with Crippen LogP contribution in [-0.4, -0.2) is 58.4 Å². The van der Waals surface area contributed by atoms with Gasteiger partial charge < -0.3 is 18.9 Å². The molecule has 0 saturated carbocycles. The summed E-state index contributed by atoms with van der Waals surface area (Å²) in [5, 5.41) is 0. The van der Waals surface area contributed by atoms with E-state index in [0.29, 0.717) is 56.2 Å². The summed E-state index contributed by atoms with van der Waals surface area (Å²) in [6, 6.07) is 13.0. The first-order valence-electron chi connectivity index (χ1n) is 14.9. The van der Waals surface area contributed by atoms with Gasteiger partial charge in [0.05, 0.1) is 33.0 Å². The number of halogens is 1. The second-order valence-corrected chi connectivity index (χ2v) is 14.7. The van der Waals surface area contributed by atoms with Gasteiger partial charge in [-0.1, -0.05) is 19.1 Å². The molecule has 10 heteroatoms. The molecular weight excluding hydrogens is 585 g/mol. The molecule has 2 atom stereocenters. The van der Waals surface area contributed by atoms with Crippen molar-refractivity contribution in [2.24, 2.45) is 5.41 Å². The van der Waals surface area contributed by atoms with Crippen LogP contribution in [0.25, 0.3) is 11.1 Å². The third kappa shape index (κ3) is 5.77. The molecule has 0 amide bonds. The number of hydrogen-bond acceptors (Lipinski definition) is 7. The van der Waals surface area contributed by atoms with Gasteiger partial charge in [0.1, 0.15) is 29.2 Å². The minimum atomic E-state index is -3.19. The quantitative estimate of drug-likeness (QED) is 0.275. The highest BCUT2D eigenvalue weighted by Gasteiger charge is 2.44. The highest BCUT2D eigenvalue weighted by molar-refractivity contribution is 7.88. The van der Waals surface area contributed by atoms with Crippen molar-refractivity contribution in [2.45, 2.75) is 52.1 Å². The third-order valence-corrected chi connectivity index (χ3v) is 10.2. The molecule has 6 rings (SSSR count). The van der Waals surface area contributed by atoms with E-state index < -0.39 is 16.1 Å². The Bertz CT molecular complexity index is 1710. The molecule has 1 fully saturated rings. The summed E-state index contributed by atoms with van der Waals surface area (Å²) < 4.78 is 63.5. The van der Waals surface area contributed by atoms with E-state index in [1.807, 2.05) is 57.2 Å². The van der Waals surface area contributed by atoms with Crippen LogP contribution in [0, 0.1) is 25.1 Å². The number of sulfonamides is 1. The molecule has 0 bridgehead atoms. The zero-order chi connectivity index (χ0) is 31.4. The van der Waals surface area contributed by atoms with Gasteiger partial charge in [0.15, 0.2) is 0 Å². The lowest BCUT2D eigenvalue weighted by atomic mass is 9.85. The van der Waals surface area contributed by atoms with E-state index in [9.17, 15) is 13.2 Å². The average molecular weight is 624 g/mol. The first kappa shape index (κ1) is 30.4. The minimum Gasteiger partial charge on any atom is -0.493 e. The van der Waals surface area contributed by atoms with E-state index in [-0.39, 0.29) is 29.5 Å². The van der Waals surface area contributed by atoms with Crippen molar-refractivity contribution in [3.63, 3.8) is 0 Å². The second-order valence-electron chi connectivity index (χ2n) is 12.7. The van der Waals surface area contributed by atoms with Gasteiger partial charge in [0.2, 0.25) is 10.0 Å². The Morgan fingerprint density at radius 2 is 1.82 bits per heavy atom. The fourth-order valence-electron chi connectivity index (χ4n) is 6.79. The number of nitrogens with zero attached hydrogens (tertiary/aromatic N) is 1. The molecule has 3 aliphatic rings. The molecule has 0 unspecified atom stereocenters. The number of esters is 1. The summed E-state index contributed by atoms with van der Waals surface area (Å²) >= 11 is 0. The van der Waals surface area contributed by atoms with Crippen LogP contribution in [0.15, 0.2) is 42.5 Å². The van der Waals surface area contributed by atoms with Gasteiger partial charge in [-0.15, -0.1) is 0 Å². The van der Waals surface area contributed by atoms with Crippen molar-refractivity contribution < 1.29 is 36.6 Å². The molecule has 0 aromatic heterocycles. The Morgan fingerprint density at radius 3 is 2.50 bits per heavy atom. The monoisotopic (exact) mass is 623 g/mol. The van der Waals surface area contributed by atoms with Crippen LogP contribution in [0.4, 0.5) is 4.39 Å². The standard InChI is InChI=1S/C34H38FNO7S/c1-20-12-24(42-19-34(3)17-36(18-34)44(5,38)39)13-21(2)32(20)26-8-10-28(35)33-27(26)9-11-29(33)43-23-6-7-25-22(14-31(37)40-4)16-41-30(25)15-23/h6-8,10,12-13,15,22,29H,9,11,14,16-19H2,1-5H3/t22-,29-/m1/s1. The normalized spacial score (nSPS) is 20.3. The summed E-state index contributed by atoms with van der Waals surface area (Å²) in [6.45, 7) is 7.80. The summed E-state index contributed by atoms with van der Waals surface area (Å²) in [5.74, 6) is 1.38. The van der Waals surface area contributed by atoms with Crippen molar-refractivity contribution in [2.75, 3.05) is 39.7 Å². The van der Waals surface area contributed by atoms with Crippen LogP contribution in [0.1, 0.15) is 59.6 Å². The van der Waals surface area contributed by atoms with Gasteiger partial charge >= 0.3 is 5.97 Å². The zero-order valence-corrected chi connectivity index (χ0v) is 26.6. The summed E-state index contributed by atoms with van der Waals surface area (Å²) in [7, 11) is -1.81. The van der Waals surface area contributed by atoms with Gasteiger partial charge in [0.25, 0.3) is 0 Å². The van der Waals surface area contributed by atoms with Gasteiger partial charge in [-0.2, -0.15) is 0 Å². The number of rotatable bonds is 9. The van der Waals surface area contributed by atoms with E-state index in [0.717, 1.165) is 39.1 Å². The van der Waals surface area contributed by atoms with E-state index in [1.54, 1.807) is 0 Å². The average Bonchev–Trinajstić information content (AvgIpc) is 3.55. The molecule has 234 valence electrons.